The molecule has 2 aromatic carbocycles. The second-order valence-electron chi connectivity index (χ2n) is 6.31. The molecule has 0 fully saturated rings. The molecule has 30 heavy (non-hydrogen) atoms. The lowest BCUT2D eigenvalue weighted by Gasteiger charge is -2.04. The third kappa shape index (κ3) is 4.52. The van der Waals surface area contributed by atoms with Crippen LogP contribution >= 0.6 is 11.8 Å². The number of nitrogens with zero attached hydrogens (tertiary/aromatic N) is 2. The lowest BCUT2D eigenvalue weighted by atomic mass is 10.1. The highest BCUT2D eigenvalue weighted by Crippen LogP contribution is 2.40. The molecular formula is C21H18N2O6S. The number of phenols is 1. The van der Waals surface area contributed by atoms with Crippen LogP contribution in [0.25, 0.3) is 6.08 Å². The average Bonchev–Trinajstić information content (AvgIpc) is 2.98. The summed E-state index contributed by atoms with van der Waals surface area (Å²) in [5.41, 5.74) is 1.59. The Bertz CT molecular complexity index is 1100. The van der Waals surface area contributed by atoms with Crippen LogP contribution in [0.3, 0.4) is 0 Å². The summed E-state index contributed by atoms with van der Waals surface area (Å²) in [6, 6.07) is 11.1. The van der Waals surface area contributed by atoms with Crippen LogP contribution in [0.5, 0.6) is 5.75 Å². The van der Waals surface area contributed by atoms with Crippen molar-refractivity contribution in [1.29, 1.82) is 0 Å². The van der Waals surface area contributed by atoms with E-state index in [-0.39, 0.29) is 23.0 Å². The smallest absolute Gasteiger partial charge is 0.344 e. The fourth-order valence-corrected chi connectivity index (χ4v) is 3.70. The van der Waals surface area contributed by atoms with Gasteiger partial charge in [-0.15, -0.1) is 0 Å². The number of phenolic OH excluding ortho intramolecular Hbond substituents is 1. The SMILES string of the molecule is CCOC(=O)C1=C(O)/C(=C\c2ccc([N+](=O)[O-])c(O)c2)SC1=Nc1ccc(C)cc1. The predicted octanol–water partition coefficient (Wildman–Crippen LogP) is 4.80. The molecule has 2 aromatic rings. The molecule has 0 saturated carbocycles. The van der Waals surface area contributed by atoms with Crippen LogP contribution in [0, 0.1) is 17.0 Å². The van der Waals surface area contributed by atoms with E-state index in [0.29, 0.717) is 16.2 Å². The predicted molar refractivity (Wildman–Crippen MR) is 115 cm³/mol. The number of aliphatic hydroxyl groups is 1. The number of carbonyl (C=O) groups excluding carboxylic acids is 1. The summed E-state index contributed by atoms with van der Waals surface area (Å²) in [7, 11) is 0. The Balaban J connectivity index is 2.03. The molecule has 0 amide bonds. The van der Waals surface area contributed by atoms with Crippen LogP contribution in [0.4, 0.5) is 11.4 Å². The zero-order valence-electron chi connectivity index (χ0n) is 16.2. The molecule has 8 nitrogen and oxygen atoms in total. The third-order valence-corrected chi connectivity index (χ3v) is 5.15. The Morgan fingerprint density at radius 2 is 1.93 bits per heavy atom. The van der Waals surface area contributed by atoms with Gasteiger partial charge in [0.25, 0.3) is 0 Å². The molecule has 0 atom stereocenters. The number of benzene rings is 2. The third-order valence-electron chi connectivity index (χ3n) is 4.13. The zero-order chi connectivity index (χ0) is 21.8. The van der Waals surface area contributed by atoms with Crippen LogP contribution in [0.2, 0.25) is 0 Å². The molecule has 1 aliphatic heterocycles. The number of hydrogen-bond acceptors (Lipinski definition) is 8. The van der Waals surface area contributed by atoms with Gasteiger partial charge in [0.2, 0.25) is 0 Å². The van der Waals surface area contributed by atoms with E-state index in [1.54, 1.807) is 19.1 Å². The number of aromatic hydroxyl groups is 1. The highest BCUT2D eigenvalue weighted by Gasteiger charge is 2.33. The first-order valence-electron chi connectivity index (χ1n) is 8.93. The minimum atomic E-state index is -0.705. The number of nitro groups is 1. The number of carbonyl (C=O) groups is 1. The van der Waals surface area contributed by atoms with E-state index < -0.39 is 22.3 Å². The molecule has 9 heteroatoms. The van der Waals surface area contributed by atoms with Gasteiger partial charge in [-0.05, 0) is 49.8 Å². The Hall–Kier alpha value is -3.59. The van der Waals surface area contributed by atoms with Crippen molar-refractivity contribution in [2.45, 2.75) is 13.8 Å². The highest BCUT2D eigenvalue weighted by molar-refractivity contribution is 8.18. The van der Waals surface area contributed by atoms with E-state index in [1.807, 2.05) is 19.1 Å². The Morgan fingerprint density at radius 3 is 2.53 bits per heavy atom. The molecule has 2 N–H and O–H groups in total. The number of hydrogen-bond donors (Lipinski definition) is 2. The zero-order valence-corrected chi connectivity index (χ0v) is 17.0. The summed E-state index contributed by atoms with van der Waals surface area (Å²) in [6.45, 7) is 3.73. The number of rotatable bonds is 5. The van der Waals surface area contributed by atoms with Crippen molar-refractivity contribution in [1.82, 2.24) is 0 Å². The summed E-state index contributed by atoms with van der Waals surface area (Å²) in [6.07, 6.45) is 1.50. The van der Waals surface area contributed by atoms with E-state index in [9.17, 15) is 25.1 Å². The monoisotopic (exact) mass is 426 g/mol. The van der Waals surface area contributed by atoms with Gasteiger partial charge in [0.1, 0.15) is 16.4 Å². The number of nitro benzene ring substituents is 1. The molecule has 0 unspecified atom stereocenters. The van der Waals surface area contributed by atoms with Crippen molar-refractivity contribution in [3.63, 3.8) is 0 Å². The molecule has 1 heterocycles. The first-order valence-corrected chi connectivity index (χ1v) is 9.75. The molecule has 0 bridgehead atoms. The van der Waals surface area contributed by atoms with E-state index in [2.05, 4.69) is 4.99 Å². The average molecular weight is 426 g/mol. The molecule has 0 spiro atoms. The van der Waals surface area contributed by atoms with Gasteiger partial charge >= 0.3 is 11.7 Å². The maximum Gasteiger partial charge on any atom is 0.344 e. The molecule has 154 valence electrons. The van der Waals surface area contributed by atoms with E-state index in [0.717, 1.165) is 23.4 Å². The molecule has 1 aliphatic rings. The quantitative estimate of drug-likeness (QED) is 0.400. The number of aliphatic hydroxyl groups excluding tert-OH is 1. The van der Waals surface area contributed by atoms with E-state index in [1.165, 1.54) is 18.2 Å². The van der Waals surface area contributed by atoms with Gasteiger partial charge in [-0.3, -0.25) is 10.1 Å². The van der Waals surface area contributed by atoms with E-state index >= 15 is 0 Å². The van der Waals surface area contributed by atoms with Crippen LogP contribution in [-0.2, 0) is 9.53 Å². The molecule has 0 aromatic heterocycles. The number of thioether (sulfide) groups is 1. The van der Waals surface area contributed by atoms with E-state index in [4.69, 9.17) is 4.74 Å². The number of aryl methyl sites for hydroxylation is 1. The van der Waals surface area contributed by atoms with Gasteiger partial charge in [0, 0.05) is 6.07 Å². The minimum Gasteiger partial charge on any atom is -0.506 e. The second kappa shape index (κ2) is 8.83. The molecule has 0 radical (unpaired) electrons. The van der Waals surface area contributed by atoms with Gasteiger partial charge in [-0.2, -0.15) is 0 Å². The van der Waals surface area contributed by atoms with Crippen molar-refractivity contribution in [3.8, 4) is 5.75 Å². The van der Waals surface area contributed by atoms with Gasteiger partial charge in [0.15, 0.2) is 5.75 Å². The molecule has 0 aliphatic carbocycles. The number of esters is 1. The van der Waals surface area contributed by atoms with Gasteiger partial charge in [-0.1, -0.05) is 29.5 Å². The van der Waals surface area contributed by atoms with Crippen molar-refractivity contribution in [2.24, 2.45) is 4.99 Å². The van der Waals surface area contributed by atoms with Gasteiger partial charge < -0.3 is 14.9 Å². The minimum absolute atomic E-state index is 0.0557. The summed E-state index contributed by atoms with van der Waals surface area (Å²) < 4.78 is 5.05. The summed E-state index contributed by atoms with van der Waals surface area (Å²) in [5.74, 6) is -1.51. The topological polar surface area (TPSA) is 122 Å². The van der Waals surface area contributed by atoms with Crippen LogP contribution < -0.4 is 0 Å². The molecule has 0 saturated heterocycles. The molecular weight excluding hydrogens is 408 g/mol. The maximum atomic E-state index is 12.4. The summed E-state index contributed by atoms with van der Waals surface area (Å²) >= 11 is 1.06. The first kappa shape index (κ1) is 21.1. The Kier molecular flexibility index (Phi) is 6.22. The van der Waals surface area contributed by atoms with Crippen molar-refractivity contribution in [2.75, 3.05) is 6.61 Å². The fraction of sp³-hybridized carbons (Fsp3) is 0.143. The summed E-state index contributed by atoms with van der Waals surface area (Å²) in [4.78, 5) is 27.3. The highest BCUT2D eigenvalue weighted by atomic mass is 32.2. The van der Waals surface area contributed by atoms with Gasteiger partial charge in [0.05, 0.1) is 22.1 Å². The maximum absolute atomic E-state index is 12.4. The Labute approximate surface area is 176 Å². The normalized spacial score (nSPS) is 16.3. The first-order chi connectivity index (χ1) is 14.3. The number of aliphatic imine (C=N–C) groups is 1. The second-order valence-corrected chi connectivity index (χ2v) is 7.34. The fourth-order valence-electron chi connectivity index (χ4n) is 2.66. The lowest BCUT2D eigenvalue weighted by Crippen LogP contribution is -2.12. The number of ether oxygens (including phenoxy) is 1. The van der Waals surface area contributed by atoms with Crippen molar-refractivity contribution in [3.05, 3.63) is 79.9 Å². The van der Waals surface area contributed by atoms with Crippen LogP contribution in [0.15, 0.2) is 63.7 Å². The lowest BCUT2D eigenvalue weighted by molar-refractivity contribution is -0.385. The van der Waals surface area contributed by atoms with Crippen molar-refractivity contribution >= 4 is 40.2 Å². The largest absolute Gasteiger partial charge is 0.506 e. The van der Waals surface area contributed by atoms with Crippen molar-refractivity contribution < 1.29 is 24.7 Å². The summed E-state index contributed by atoms with van der Waals surface area (Å²) in [5, 5.41) is 31.6. The van der Waals surface area contributed by atoms with Gasteiger partial charge in [-0.25, -0.2) is 9.79 Å². The standard InChI is InChI=1S/C21H18N2O6S/c1-3-29-21(26)18-19(25)17(11-13-6-9-15(23(27)28)16(24)10-13)30-20(18)22-14-7-4-12(2)5-8-14/h4-11,24-25H,3H2,1-2H3/b17-11+,22-20?. The molecule has 3 rings (SSSR count). The van der Waals surface area contributed by atoms with Crippen LogP contribution in [-0.4, -0.2) is 32.8 Å². The Morgan fingerprint density at radius 1 is 1.23 bits per heavy atom. The van der Waals surface area contributed by atoms with Crippen LogP contribution in [0.1, 0.15) is 18.1 Å².